The number of primary amides is 1. The summed E-state index contributed by atoms with van der Waals surface area (Å²) in [7, 11) is -3.39. The summed E-state index contributed by atoms with van der Waals surface area (Å²) in [6.07, 6.45) is 1.79. The van der Waals surface area contributed by atoms with E-state index >= 15 is 0 Å². The fourth-order valence-electron chi connectivity index (χ4n) is 6.04. The van der Waals surface area contributed by atoms with E-state index in [0.29, 0.717) is 25.8 Å². The molecule has 14 heteroatoms. The summed E-state index contributed by atoms with van der Waals surface area (Å²) in [6, 6.07) is -4.26. The van der Waals surface area contributed by atoms with E-state index in [1.165, 1.54) is 9.21 Å². The van der Waals surface area contributed by atoms with Gasteiger partial charge in [-0.15, -0.1) is 0 Å². The molecule has 13 nitrogen and oxygen atoms in total. The van der Waals surface area contributed by atoms with Crippen molar-refractivity contribution in [1.29, 1.82) is 0 Å². The number of ketones is 1. The number of nitrogens with zero attached hydrogens (tertiary/aromatic N) is 2. The van der Waals surface area contributed by atoms with Gasteiger partial charge in [0.1, 0.15) is 12.1 Å². The molecule has 258 valence electrons. The third kappa shape index (κ3) is 9.87. The van der Waals surface area contributed by atoms with Gasteiger partial charge >= 0.3 is 6.03 Å². The lowest BCUT2D eigenvalue weighted by atomic mass is 9.75. The first kappa shape index (κ1) is 38.4. The van der Waals surface area contributed by atoms with Crippen molar-refractivity contribution in [3.63, 3.8) is 0 Å². The second-order valence-electron chi connectivity index (χ2n) is 15.7. The van der Waals surface area contributed by atoms with E-state index in [1.807, 2.05) is 69.2 Å². The van der Waals surface area contributed by atoms with Crippen LogP contribution in [0.1, 0.15) is 94.9 Å². The maximum absolute atomic E-state index is 14.3. The monoisotopic (exact) mass is 656 g/mol. The SMILES string of the molecule is CCCC(NC(=O)[C@@H]1[C@@H](C(C)(C)C)CCN1C(=O)[C@@H](NC(=O)N[C@H](CN1CCCS1(=O)=O)C(C)(C)C)C(C)(C)C)C(=O)C(N)=O. The van der Waals surface area contributed by atoms with Crippen LogP contribution in [0.25, 0.3) is 0 Å². The number of carbonyl (C=O) groups is 5. The Hall–Kier alpha value is -2.74. The molecule has 2 aliphatic rings. The van der Waals surface area contributed by atoms with Crippen molar-refractivity contribution >= 4 is 39.6 Å². The summed E-state index contributed by atoms with van der Waals surface area (Å²) in [5, 5.41) is 8.44. The van der Waals surface area contributed by atoms with Crippen molar-refractivity contribution in [3.05, 3.63) is 0 Å². The Kier molecular flexibility index (Phi) is 12.3. The third-order valence-electron chi connectivity index (χ3n) is 8.84. The molecule has 2 rings (SSSR count). The lowest BCUT2D eigenvalue weighted by Crippen LogP contribution is -2.62. The molecule has 2 saturated heterocycles. The van der Waals surface area contributed by atoms with Gasteiger partial charge in [-0.3, -0.25) is 19.2 Å². The zero-order valence-corrected chi connectivity index (χ0v) is 29.6. The number of amides is 5. The smallest absolute Gasteiger partial charge is 0.315 e. The number of likely N-dealkylation sites (tertiary alicyclic amines) is 1. The first-order valence-electron chi connectivity index (χ1n) is 15.9. The van der Waals surface area contributed by atoms with Gasteiger partial charge in [-0.2, -0.15) is 4.31 Å². The normalized spacial score (nSPS) is 22.8. The summed E-state index contributed by atoms with van der Waals surface area (Å²) >= 11 is 0. The van der Waals surface area contributed by atoms with Gasteiger partial charge < -0.3 is 26.6 Å². The van der Waals surface area contributed by atoms with Crippen molar-refractivity contribution in [2.45, 2.75) is 119 Å². The molecular weight excluding hydrogens is 600 g/mol. The highest BCUT2D eigenvalue weighted by molar-refractivity contribution is 7.89. The Morgan fingerprint density at radius 3 is 1.93 bits per heavy atom. The third-order valence-corrected chi connectivity index (χ3v) is 10.8. The molecule has 2 aliphatic heterocycles. The topological polar surface area (TPSA) is 188 Å². The molecule has 5 atom stereocenters. The van der Waals surface area contributed by atoms with E-state index in [1.54, 1.807) is 0 Å². The van der Waals surface area contributed by atoms with Crippen LogP contribution >= 0.6 is 0 Å². The van der Waals surface area contributed by atoms with Crippen LogP contribution in [0, 0.1) is 22.2 Å². The molecule has 0 radical (unpaired) electrons. The highest BCUT2D eigenvalue weighted by Gasteiger charge is 2.50. The molecule has 0 spiro atoms. The van der Waals surface area contributed by atoms with Gasteiger partial charge in [0.05, 0.1) is 11.8 Å². The number of urea groups is 1. The number of nitrogens with one attached hydrogen (secondary N) is 3. The van der Waals surface area contributed by atoms with Crippen molar-refractivity contribution < 1.29 is 32.4 Å². The Morgan fingerprint density at radius 1 is 0.889 bits per heavy atom. The first-order chi connectivity index (χ1) is 20.4. The number of hydrogen-bond acceptors (Lipinski definition) is 7. The number of hydrogen-bond donors (Lipinski definition) is 4. The predicted octanol–water partition coefficient (Wildman–Crippen LogP) is 1.75. The fourth-order valence-corrected chi connectivity index (χ4v) is 7.57. The summed E-state index contributed by atoms with van der Waals surface area (Å²) < 4.78 is 26.4. The van der Waals surface area contributed by atoms with Crippen LogP contribution in [0.3, 0.4) is 0 Å². The quantitative estimate of drug-likeness (QED) is 0.244. The summed E-state index contributed by atoms with van der Waals surface area (Å²) in [5.41, 5.74) is 3.59. The van der Waals surface area contributed by atoms with Crippen LogP contribution in [0.2, 0.25) is 0 Å². The molecule has 0 saturated carbocycles. The van der Waals surface area contributed by atoms with E-state index in [0.717, 1.165) is 0 Å². The Morgan fingerprint density at radius 2 is 1.49 bits per heavy atom. The molecule has 1 unspecified atom stereocenters. The molecule has 5 amide bonds. The standard InChI is InChI=1S/C31H56N6O7S/c1-11-13-20(23(38)25(32)39)33-26(40)22-19(29(2,3)4)14-16-37(22)27(41)24(31(8,9)10)35-28(42)34-21(30(5,6)7)18-36-15-12-17-45(36,43)44/h19-22,24H,11-18H2,1-10H3,(H2,32,39)(H,33,40)(H2,34,35,42)/t19-,20?,21+,22-,24+/m0/s1. The van der Waals surface area contributed by atoms with Crippen molar-refractivity contribution in [2.24, 2.45) is 27.9 Å². The van der Waals surface area contributed by atoms with Gasteiger partial charge in [-0.25, -0.2) is 13.2 Å². The van der Waals surface area contributed by atoms with Crippen molar-refractivity contribution in [2.75, 3.05) is 25.4 Å². The largest absolute Gasteiger partial charge is 0.363 e. The molecular formula is C31H56N6O7S. The molecule has 2 heterocycles. The number of sulfonamides is 1. The zero-order valence-electron chi connectivity index (χ0n) is 28.8. The molecule has 2 fully saturated rings. The lowest BCUT2D eigenvalue weighted by Gasteiger charge is -2.39. The lowest BCUT2D eigenvalue weighted by molar-refractivity contribution is -0.145. The minimum atomic E-state index is -3.39. The second kappa shape index (κ2) is 14.4. The van der Waals surface area contributed by atoms with E-state index in [-0.39, 0.29) is 36.6 Å². The van der Waals surface area contributed by atoms with Crippen LogP contribution in [-0.4, -0.2) is 96.7 Å². The Labute approximate surface area is 269 Å². The van der Waals surface area contributed by atoms with E-state index in [2.05, 4.69) is 16.0 Å². The van der Waals surface area contributed by atoms with Crippen LogP contribution in [0.4, 0.5) is 4.79 Å². The maximum Gasteiger partial charge on any atom is 0.315 e. The molecule has 0 aromatic heterocycles. The summed E-state index contributed by atoms with van der Waals surface area (Å²) in [4.78, 5) is 67.2. The molecule has 45 heavy (non-hydrogen) atoms. The van der Waals surface area contributed by atoms with Gasteiger partial charge in [-0.05, 0) is 41.4 Å². The maximum atomic E-state index is 14.3. The average molecular weight is 657 g/mol. The minimum Gasteiger partial charge on any atom is -0.363 e. The van der Waals surface area contributed by atoms with Crippen LogP contribution < -0.4 is 21.7 Å². The highest BCUT2D eigenvalue weighted by atomic mass is 32.2. The summed E-state index contributed by atoms with van der Waals surface area (Å²) in [6.45, 7) is 19.6. The minimum absolute atomic E-state index is 0.0761. The molecule has 0 aliphatic carbocycles. The summed E-state index contributed by atoms with van der Waals surface area (Å²) in [5.74, 6) is -3.23. The predicted molar refractivity (Wildman–Crippen MR) is 172 cm³/mol. The van der Waals surface area contributed by atoms with Crippen molar-refractivity contribution in [3.8, 4) is 0 Å². The molecule has 5 N–H and O–H groups in total. The number of Topliss-reactive ketones (excluding diaryl/α,β-unsaturated/α-hetero) is 1. The number of rotatable bonds is 11. The number of carbonyl (C=O) groups excluding carboxylic acids is 5. The van der Waals surface area contributed by atoms with Gasteiger partial charge in [0.25, 0.3) is 5.91 Å². The second-order valence-corrected chi connectivity index (χ2v) is 17.8. The van der Waals surface area contributed by atoms with Crippen LogP contribution in [-0.2, 0) is 29.2 Å². The highest BCUT2D eigenvalue weighted by Crippen LogP contribution is 2.40. The molecule has 0 aromatic rings. The van der Waals surface area contributed by atoms with Gasteiger partial charge in [0, 0.05) is 25.7 Å². The van der Waals surface area contributed by atoms with E-state index in [4.69, 9.17) is 5.73 Å². The fraction of sp³-hybridized carbons (Fsp3) is 0.839. The Bertz CT molecular complexity index is 1230. The van der Waals surface area contributed by atoms with E-state index < -0.39 is 74.6 Å². The molecule has 0 bridgehead atoms. The van der Waals surface area contributed by atoms with Crippen LogP contribution in [0.5, 0.6) is 0 Å². The van der Waals surface area contributed by atoms with Gasteiger partial charge in [-0.1, -0.05) is 75.7 Å². The first-order valence-corrected chi connectivity index (χ1v) is 17.5. The number of nitrogens with two attached hydrogens (primary N) is 1. The Balaban J connectivity index is 2.37. The van der Waals surface area contributed by atoms with Crippen LogP contribution in [0.15, 0.2) is 0 Å². The van der Waals surface area contributed by atoms with Gasteiger partial charge in [0.15, 0.2) is 0 Å². The molecule has 0 aromatic carbocycles. The van der Waals surface area contributed by atoms with Crippen molar-refractivity contribution in [1.82, 2.24) is 25.2 Å². The van der Waals surface area contributed by atoms with E-state index in [9.17, 15) is 32.4 Å². The zero-order chi connectivity index (χ0) is 34.7. The van der Waals surface area contributed by atoms with Gasteiger partial charge in [0.2, 0.25) is 27.6 Å². The average Bonchev–Trinajstić information content (AvgIpc) is 3.47.